The molecule has 2 aliphatic rings. The molecule has 0 amide bonds. The lowest BCUT2D eigenvalue weighted by molar-refractivity contribution is 0.370. The van der Waals surface area contributed by atoms with Crippen LogP contribution in [0.4, 0.5) is 5.82 Å². The molecule has 192 valence electrons. The van der Waals surface area contributed by atoms with E-state index in [0.29, 0.717) is 17.8 Å². The molecule has 3 aromatic rings. The van der Waals surface area contributed by atoms with Gasteiger partial charge in [0.05, 0.1) is 5.39 Å². The first kappa shape index (κ1) is 24.9. The molecule has 0 radical (unpaired) electrons. The van der Waals surface area contributed by atoms with Gasteiger partial charge in [0.25, 0.3) is 0 Å². The van der Waals surface area contributed by atoms with E-state index in [1.807, 2.05) is 0 Å². The molecule has 3 heterocycles. The first-order valence-corrected chi connectivity index (χ1v) is 13.6. The molecule has 1 aromatic carbocycles. The molecule has 2 aromatic heterocycles. The van der Waals surface area contributed by atoms with Gasteiger partial charge in [-0.25, -0.2) is 9.97 Å². The maximum atomic E-state index is 6.37. The minimum Gasteiger partial charge on any atom is -0.383 e. The number of likely N-dealkylation sites (N-methyl/N-ethyl adjacent to an activating group) is 1. The van der Waals surface area contributed by atoms with Crippen LogP contribution in [0.2, 0.25) is 0 Å². The molecule has 36 heavy (non-hydrogen) atoms. The molecule has 1 aliphatic heterocycles. The molecular weight excluding hydrogens is 446 g/mol. The van der Waals surface area contributed by atoms with Crippen molar-refractivity contribution in [1.29, 1.82) is 0 Å². The number of anilines is 1. The van der Waals surface area contributed by atoms with E-state index in [1.54, 1.807) is 6.33 Å². The van der Waals surface area contributed by atoms with Crippen LogP contribution in [0, 0.1) is 5.92 Å². The number of fused-ring (bicyclic) bond motifs is 1. The predicted octanol–water partition coefficient (Wildman–Crippen LogP) is 3.89. The number of benzene rings is 1. The molecular formula is C29H41N7. The Bertz CT molecular complexity index is 1150. The lowest BCUT2D eigenvalue weighted by atomic mass is 10.00. The number of rotatable bonds is 11. The summed E-state index contributed by atoms with van der Waals surface area (Å²) in [5.41, 5.74) is 11.4. The summed E-state index contributed by atoms with van der Waals surface area (Å²) in [6, 6.07) is 11.2. The van der Waals surface area contributed by atoms with Crippen LogP contribution in [0.5, 0.6) is 0 Å². The lowest BCUT2D eigenvalue weighted by Crippen LogP contribution is -2.26. The van der Waals surface area contributed by atoms with E-state index in [9.17, 15) is 0 Å². The van der Waals surface area contributed by atoms with Crippen LogP contribution in [-0.4, -0.2) is 65.8 Å². The summed E-state index contributed by atoms with van der Waals surface area (Å²) in [5, 5.41) is 8.31. The van der Waals surface area contributed by atoms with Gasteiger partial charge in [0, 0.05) is 30.9 Å². The summed E-state index contributed by atoms with van der Waals surface area (Å²) in [6.07, 6.45) is 13.2. The second-order valence-electron chi connectivity index (χ2n) is 10.5. The molecule has 5 rings (SSSR count). The zero-order valence-electron chi connectivity index (χ0n) is 21.6. The minimum absolute atomic E-state index is 0.480. The number of nitrogen functional groups attached to an aromatic ring is 1. The lowest BCUT2D eigenvalue weighted by Gasteiger charge is -2.21. The van der Waals surface area contributed by atoms with Gasteiger partial charge < -0.3 is 25.8 Å². The second-order valence-corrected chi connectivity index (χ2v) is 10.5. The number of hydrogen-bond acceptors (Lipinski definition) is 6. The van der Waals surface area contributed by atoms with E-state index in [-0.39, 0.29) is 0 Å². The van der Waals surface area contributed by atoms with E-state index in [0.717, 1.165) is 69.6 Å². The molecule has 0 saturated heterocycles. The van der Waals surface area contributed by atoms with Crippen molar-refractivity contribution in [3.63, 3.8) is 0 Å². The largest absolute Gasteiger partial charge is 0.383 e. The summed E-state index contributed by atoms with van der Waals surface area (Å²) >= 11 is 0. The van der Waals surface area contributed by atoms with Crippen molar-refractivity contribution >= 4 is 22.4 Å². The highest BCUT2D eigenvalue weighted by atomic mass is 15.1. The van der Waals surface area contributed by atoms with Gasteiger partial charge in [0.2, 0.25) is 0 Å². The fourth-order valence-electron chi connectivity index (χ4n) is 5.78. The molecule has 0 bridgehead atoms. The van der Waals surface area contributed by atoms with Gasteiger partial charge in [-0.2, -0.15) is 0 Å². The summed E-state index contributed by atoms with van der Waals surface area (Å²) in [5.74, 6) is 1.31. The quantitative estimate of drug-likeness (QED) is 0.356. The summed E-state index contributed by atoms with van der Waals surface area (Å²) in [6.45, 7) is 6.34. The van der Waals surface area contributed by atoms with Gasteiger partial charge in [-0.3, -0.25) is 0 Å². The topological polar surface area (TPSA) is 84.0 Å². The monoisotopic (exact) mass is 487 g/mol. The Morgan fingerprint density at radius 1 is 1.06 bits per heavy atom. The number of aromatic nitrogens is 3. The molecule has 1 fully saturated rings. The number of hydrogen-bond donors (Lipinski definition) is 3. The summed E-state index contributed by atoms with van der Waals surface area (Å²) < 4.78 is 2.40. The third kappa shape index (κ3) is 5.97. The van der Waals surface area contributed by atoms with Crippen molar-refractivity contribution in [2.45, 2.75) is 44.6 Å². The van der Waals surface area contributed by atoms with Crippen LogP contribution >= 0.6 is 0 Å². The Kier molecular flexibility index (Phi) is 8.31. The van der Waals surface area contributed by atoms with Crippen LogP contribution in [0.15, 0.2) is 48.9 Å². The molecule has 7 nitrogen and oxygen atoms in total. The van der Waals surface area contributed by atoms with E-state index in [2.05, 4.69) is 79.7 Å². The van der Waals surface area contributed by atoms with Crippen molar-refractivity contribution in [3.05, 3.63) is 60.1 Å². The van der Waals surface area contributed by atoms with Crippen molar-refractivity contribution in [3.8, 4) is 0 Å². The zero-order chi connectivity index (χ0) is 24.7. The van der Waals surface area contributed by atoms with Crippen LogP contribution in [-0.2, 0) is 6.42 Å². The molecule has 2 atom stereocenters. The maximum absolute atomic E-state index is 6.37. The standard InChI is InChI=1S/C29H41N7/c1-35-16-11-24(12-17-35)26-20-36(29-27(26)28(30)33-21-34-29)25-9-8-23(18-25)19-32-14-5-13-31-15-10-22-6-3-2-4-7-22/h2-4,6-7,11,20-21,23,25,31-32H,5,8-10,12-19H2,1H3,(H2,30,33,34). The zero-order valence-corrected chi connectivity index (χ0v) is 21.6. The number of nitrogens with one attached hydrogen (secondary N) is 2. The Labute approximate surface area is 215 Å². The van der Waals surface area contributed by atoms with E-state index in [1.165, 1.54) is 36.0 Å². The van der Waals surface area contributed by atoms with Gasteiger partial charge in [-0.1, -0.05) is 36.4 Å². The van der Waals surface area contributed by atoms with Crippen LogP contribution in [0.1, 0.15) is 49.3 Å². The highest BCUT2D eigenvalue weighted by Gasteiger charge is 2.29. The summed E-state index contributed by atoms with van der Waals surface area (Å²) in [4.78, 5) is 11.4. The Morgan fingerprint density at radius 3 is 2.75 bits per heavy atom. The van der Waals surface area contributed by atoms with Crippen LogP contribution in [0.25, 0.3) is 16.6 Å². The van der Waals surface area contributed by atoms with Crippen molar-refractivity contribution in [2.24, 2.45) is 5.92 Å². The SMILES string of the molecule is CN1CC=C(c2cn(C3CCC(CNCCCNCCc4ccccc4)C3)c3ncnc(N)c23)CC1. The molecule has 0 spiro atoms. The first-order valence-electron chi connectivity index (χ1n) is 13.6. The molecule has 7 heteroatoms. The van der Waals surface area contributed by atoms with E-state index < -0.39 is 0 Å². The van der Waals surface area contributed by atoms with E-state index >= 15 is 0 Å². The average molecular weight is 488 g/mol. The highest BCUT2D eigenvalue weighted by Crippen LogP contribution is 2.40. The predicted molar refractivity (Wildman–Crippen MR) is 149 cm³/mol. The molecule has 2 unspecified atom stereocenters. The number of nitrogens with two attached hydrogens (primary N) is 1. The maximum Gasteiger partial charge on any atom is 0.146 e. The van der Waals surface area contributed by atoms with Gasteiger partial charge in [-0.05, 0) is 88.8 Å². The van der Waals surface area contributed by atoms with Crippen molar-refractivity contribution < 1.29 is 0 Å². The Balaban J connectivity index is 1.10. The van der Waals surface area contributed by atoms with Crippen molar-refractivity contribution in [1.82, 2.24) is 30.1 Å². The van der Waals surface area contributed by atoms with Gasteiger partial charge in [0.15, 0.2) is 0 Å². The second kappa shape index (κ2) is 12.0. The smallest absolute Gasteiger partial charge is 0.146 e. The normalized spacial score (nSPS) is 20.8. The number of nitrogens with zero attached hydrogens (tertiary/aromatic N) is 4. The van der Waals surface area contributed by atoms with Crippen molar-refractivity contribution in [2.75, 3.05) is 52.0 Å². The minimum atomic E-state index is 0.480. The third-order valence-electron chi connectivity index (χ3n) is 7.88. The van der Waals surface area contributed by atoms with E-state index in [4.69, 9.17) is 5.73 Å². The van der Waals surface area contributed by atoms with Gasteiger partial charge in [0.1, 0.15) is 17.8 Å². The fraction of sp³-hybridized carbons (Fsp3) is 0.517. The van der Waals surface area contributed by atoms with Gasteiger partial charge >= 0.3 is 0 Å². The van der Waals surface area contributed by atoms with Crippen LogP contribution < -0.4 is 16.4 Å². The Hall–Kier alpha value is -2.74. The fourth-order valence-corrected chi connectivity index (χ4v) is 5.78. The third-order valence-corrected chi connectivity index (χ3v) is 7.88. The van der Waals surface area contributed by atoms with Crippen LogP contribution in [0.3, 0.4) is 0 Å². The molecule has 1 aliphatic carbocycles. The highest BCUT2D eigenvalue weighted by molar-refractivity contribution is 5.97. The van der Waals surface area contributed by atoms with Gasteiger partial charge in [-0.15, -0.1) is 0 Å². The molecule has 4 N–H and O–H groups in total. The average Bonchev–Trinajstić information content (AvgIpc) is 3.52. The first-order chi connectivity index (χ1) is 17.7. The molecule has 1 saturated carbocycles. The Morgan fingerprint density at radius 2 is 1.92 bits per heavy atom. The summed E-state index contributed by atoms with van der Waals surface area (Å²) in [7, 11) is 2.17.